The Balaban J connectivity index is 2.17. The zero-order valence-corrected chi connectivity index (χ0v) is 12.1. The molecule has 18 heavy (non-hydrogen) atoms. The van der Waals surface area contributed by atoms with Crippen LogP contribution >= 0.6 is 11.6 Å². The van der Waals surface area contributed by atoms with Crippen LogP contribution in [0.1, 0.15) is 57.6 Å². The van der Waals surface area contributed by atoms with Crippen molar-refractivity contribution in [3.8, 4) is 0 Å². The van der Waals surface area contributed by atoms with Crippen LogP contribution in [0.2, 0.25) is 5.02 Å². The smallest absolute Gasteiger partial charge is 0.108 e. The van der Waals surface area contributed by atoms with Crippen molar-refractivity contribution in [3.63, 3.8) is 0 Å². The minimum Gasteiger partial charge on any atom is -0.384 e. The average molecular weight is 271 g/mol. The summed E-state index contributed by atoms with van der Waals surface area (Å²) < 4.78 is 1.72. The van der Waals surface area contributed by atoms with E-state index in [1.807, 2.05) is 7.05 Å². The van der Waals surface area contributed by atoms with E-state index >= 15 is 0 Å². The topological polar surface area (TPSA) is 38.1 Å². The fourth-order valence-corrected chi connectivity index (χ4v) is 3.61. The molecule has 0 aromatic carbocycles. The number of hydrogen-bond acceptors (Lipinski definition) is 2. The molecule has 0 radical (unpaired) electrons. The molecule has 102 valence electrons. The van der Waals surface area contributed by atoms with E-state index in [0.29, 0.717) is 5.02 Å². The first-order valence-electron chi connectivity index (χ1n) is 6.97. The molecule has 0 saturated heterocycles. The number of hydrogen-bond donors (Lipinski definition) is 1. The Morgan fingerprint density at radius 3 is 2.89 bits per heavy atom. The van der Waals surface area contributed by atoms with Crippen molar-refractivity contribution >= 4 is 11.6 Å². The molecule has 0 bridgehead atoms. The van der Waals surface area contributed by atoms with E-state index in [1.165, 1.54) is 19.3 Å². The van der Waals surface area contributed by atoms with Gasteiger partial charge in [0.1, 0.15) is 5.60 Å². The van der Waals surface area contributed by atoms with E-state index in [2.05, 4.69) is 12.0 Å². The molecule has 3 nitrogen and oxygen atoms in total. The largest absolute Gasteiger partial charge is 0.384 e. The van der Waals surface area contributed by atoms with Crippen molar-refractivity contribution in [3.05, 3.63) is 16.9 Å². The second-order valence-electron chi connectivity index (χ2n) is 5.58. The minimum absolute atomic E-state index is 0.592. The summed E-state index contributed by atoms with van der Waals surface area (Å²) in [6.45, 7) is 2.23. The molecule has 0 amide bonds. The van der Waals surface area contributed by atoms with Gasteiger partial charge in [-0.3, -0.25) is 4.68 Å². The standard InChI is InChI=1S/C14H23ClN2O/c1-3-5-11-6-4-8-14(18,9-7-11)13-12(15)10-16-17(13)2/h10-11,18H,3-9H2,1-2H3. The summed E-state index contributed by atoms with van der Waals surface area (Å²) in [5.41, 5.74) is 0.00600. The second-order valence-corrected chi connectivity index (χ2v) is 5.99. The summed E-state index contributed by atoms with van der Waals surface area (Å²) in [7, 11) is 1.85. The molecule has 2 unspecified atom stereocenters. The number of nitrogens with zero attached hydrogens (tertiary/aromatic N) is 2. The highest BCUT2D eigenvalue weighted by Gasteiger charge is 2.36. The van der Waals surface area contributed by atoms with Gasteiger partial charge in [0.25, 0.3) is 0 Å². The van der Waals surface area contributed by atoms with Crippen molar-refractivity contribution in [1.82, 2.24) is 9.78 Å². The first-order chi connectivity index (χ1) is 8.57. The van der Waals surface area contributed by atoms with Gasteiger partial charge in [0, 0.05) is 7.05 Å². The van der Waals surface area contributed by atoms with Crippen LogP contribution < -0.4 is 0 Å². The summed E-state index contributed by atoms with van der Waals surface area (Å²) in [6.07, 6.45) is 9.12. The highest BCUT2D eigenvalue weighted by molar-refractivity contribution is 6.31. The summed E-state index contributed by atoms with van der Waals surface area (Å²) in [5, 5.41) is 15.7. The predicted molar refractivity (Wildman–Crippen MR) is 73.6 cm³/mol. The molecule has 2 atom stereocenters. The van der Waals surface area contributed by atoms with Crippen molar-refractivity contribution in [2.45, 2.75) is 57.5 Å². The molecule has 2 rings (SSSR count). The third-order valence-corrected chi connectivity index (χ3v) is 4.48. The molecule has 1 fully saturated rings. The zero-order chi connectivity index (χ0) is 13.2. The number of halogens is 1. The van der Waals surface area contributed by atoms with Gasteiger partial charge < -0.3 is 5.11 Å². The fraction of sp³-hybridized carbons (Fsp3) is 0.786. The molecule has 1 saturated carbocycles. The van der Waals surface area contributed by atoms with Gasteiger partial charge in [-0.1, -0.05) is 37.8 Å². The lowest BCUT2D eigenvalue weighted by Crippen LogP contribution is -2.28. The van der Waals surface area contributed by atoms with Crippen LogP contribution in [-0.4, -0.2) is 14.9 Å². The van der Waals surface area contributed by atoms with E-state index in [9.17, 15) is 5.11 Å². The number of aliphatic hydroxyl groups is 1. The van der Waals surface area contributed by atoms with Crippen molar-refractivity contribution < 1.29 is 5.11 Å². The van der Waals surface area contributed by atoms with Crippen molar-refractivity contribution in [2.24, 2.45) is 13.0 Å². The minimum atomic E-state index is -0.787. The Morgan fingerprint density at radius 2 is 2.28 bits per heavy atom. The Kier molecular flexibility index (Phi) is 4.33. The highest BCUT2D eigenvalue weighted by Crippen LogP contribution is 2.41. The van der Waals surface area contributed by atoms with Crippen LogP contribution in [0.3, 0.4) is 0 Å². The van der Waals surface area contributed by atoms with Gasteiger partial charge in [0.2, 0.25) is 0 Å². The molecule has 1 aromatic heterocycles. The van der Waals surface area contributed by atoms with Gasteiger partial charge in [0.15, 0.2) is 0 Å². The first kappa shape index (κ1) is 13.9. The molecule has 4 heteroatoms. The average Bonchev–Trinajstić information content (AvgIpc) is 2.55. The van der Waals surface area contributed by atoms with E-state index in [-0.39, 0.29) is 0 Å². The maximum absolute atomic E-state index is 10.9. The third-order valence-electron chi connectivity index (χ3n) is 4.20. The number of aryl methyl sites for hydroxylation is 1. The van der Waals surface area contributed by atoms with Crippen molar-refractivity contribution in [1.29, 1.82) is 0 Å². The van der Waals surface area contributed by atoms with E-state index in [0.717, 1.165) is 37.3 Å². The van der Waals surface area contributed by atoms with Crippen LogP contribution in [-0.2, 0) is 12.6 Å². The summed E-state index contributed by atoms with van der Waals surface area (Å²) in [4.78, 5) is 0. The van der Waals surface area contributed by atoms with Crippen LogP contribution in [0.5, 0.6) is 0 Å². The molecule has 1 aliphatic rings. The Labute approximate surface area is 114 Å². The summed E-state index contributed by atoms with van der Waals surface area (Å²) in [6, 6.07) is 0. The molecule has 1 aromatic rings. The third kappa shape index (κ3) is 2.72. The number of aromatic nitrogens is 2. The molecule has 1 heterocycles. The summed E-state index contributed by atoms with van der Waals surface area (Å²) >= 11 is 6.18. The molecule has 0 spiro atoms. The lowest BCUT2D eigenvalue weighted by Gasteiger charge is -2.27. The molecule has 1 N–H and O–H groups in total. The molecular weight excluding hydrogens is 248 g/mol. The van der Waals surface area contributed by atoms with E-state index in [1.54, 1.807) is 10.9 Å². The monoisotopic (exact) mass is 270 g/mol. The normalized spacial score (nSPS) is 29.2. The van der Waals surface area contributed by atoms with Gasteiger partial charge in [-0.2, -0.15) is 5.10 Å². The quantitative estimate of drug-likeness (QED) is 0.852. The van der Waals surface area contributed by atoms with Crippen LogP contribution in [0.15, 0.2) is 6.20 Å². The lowest BCUT2D eigenvalue weighted by atomic mass is 9.89. The van der Waals surface area contributed by atoms with Gasteiger partial charge in [0.05, 0.1) is 16.9 Å². The molecular formula is C14H23ClN2O. The Hall–Kier alpha value is -0.540. The SMILES string of the molecule is CCCC1CCCC(O)(c2c(Cl)cnn2C)CC1. The van der Waals surface area contributed by atoms with Crippen molar-refractivity contribution in [2.75, 3.05) is 0 Å². The highest BCUT2D eigenvalue weighted by atomic mass is 35.5. The Morgan fingerprint density at radius 1 is 1.50 bits per heavy atom. The van der Waals surface area contributed by atoms with Crippen LogP contribution in [0.25, 0.3) is 0 Å². The van der Waals surface area contributed by atoms with Gasteiger partial charge >= 0.3 is 0 Å². The zero-order valence-electron chi connectivity index (χ0n) is 11.3. The van der Waals surface area contributed by atoms with E-state index in [4.69, 9.17) is 11.6 Å². The van der Waals surface area contributed by atoms with Crippen LogP contribution in [0.4, 0.5) is 0 Å². The van der Waals surface area contributed by atoms with Gasteiger partial charge in [-0.25, -0.2) is 0 Å². The lowest BCUT2D eigenvalue weighted by molar-refractivity contribution is 0.0118. The van der Waals surface area contributed by atoms with Gasteiger partial charge in [-0.05, 0) is 31.6 Å². The predicted octanol–water partition coefficient (Wildman–Crippen LogP) is 3.64. The Bertz CT molecular complexity index is 385. The van der Waals surface area contributed by atoms with Gasteiger partial charge in [-0.15, -0.1) is 0 Å². The van der Waals surface area contributed by atoms with Crippen LogP contribution in [0, 0.1) is 5.92 Å². The maximum atomic E-state index is 10.9. The molecule has 1 aliphatic carbocycles. The molecule has 0 aliphatic heterocycles. The summed E-state index contributed by atoms with van der Waals surface area (Å²) in [5.74, 6) is 0.760. The fourth-order valence-electron chi connectivity index (χ4n) is 3.26. The first-order valence-corrected chi connectivity index (χ1v) is 7.35. The second kappa shape index (κ2) is 5.62. The van der Waals surface area contributed by atoms with E-state index < -0.39 is 5.60 Å². The maximum Gasteiger partial charge on any atom is 0.108 e. The number of rotatable bonds is 3.